The number of ketones is 1. The number of carbonyl (C=O) groups excluding carboxylic acids is 1. The van der Waals surface area contributed by atoms with E-state index in [2.05, 4.69) is 75.9 Å². The molecule has 3 rings (SSSR count). The first-order valence-electron chi connectivity index (χ1n) is 10.3. The van der Waals surface area contributed by atoms with Gasteiger partial charge in [-0.05, 0) is 89.5 Å². The van der Waals surface area contributed by atoms with Crippen LogP contribution < -0.4 is 37.3 Å². The molecule has 0 N–H and O–H groups in total. The molecule has 0 aliphatic carbocycles. The first kappa shape index (κ1) is 39.8. The van der Waals surface area contributed by atoms with Crippen LogP contribution in [0.5, 0.6) is 0 Å². The van der Waals surface area contributed by atoms with E-state index in [1.54, 1.807) is 0 Å². The van der Waals surface area contributed by atoms with Crippen molar-refractivity contribution < 1.29 is 79.6 Å². The second-order valence-corrected chi connectivity index (χ2v) is 10.8. The fourth-order valence-electron chi connectivity index (χ4n) is 2.80. The molecule has 2 aromatic heterocycles. The van der Waals surface area contributed by atoms with Crippen molar-refractivity contribution in [1.82, 2.24) is 19.8 Å². The summed E-state index contributed by atoms with van der Waals surface area (Å²) in [5, 5.41) is 0. The maximum Gasteiger partial charge on any atom is 2.00 e. The first-order valence-corrected chi connectivity index (χ1v) is 14.3. The molecule has 215 valence electrons. The molecule has 1 radical (unpaired) electrons. The van der Waals surface area contributed by atoms with Crippen LogP contribution in [0.4, 0.5) is 0 Å². The van der Waals surface area contributed by atoms with E-state index in [0.29, 0.717) is 0 Å². The third-order valence-corrected chi connectivity index (χ3v) is 4.97. The fourth-order valence-corrected chi connectivity index (χ4v) is 3.27. The summed E-state index contributed by atoms with van der Waals surface area (Å²) in [7, 11) is -9.89. The number of Topliss-reactive ketones (excluding diaryl/α,β-unsaturated/α-hetero) is 1. The molecule has 1 aliphatic heterocycles. The van der Waals surface area contributed by atoms with E-state index in [9.17, 15) is 4.79 Å². The van der Waals surface area contributed by atoms with Gasteiger partial charge >= 0.3 is 17.1 Å². The summed E-state index contributed by atoms with van der Waals surface area (Å²) in [5.74, 6) is 0.167. The molecule has 0 bridgehead atoms. The van der Waals surface area contributed by atoms with Gasteiger partial charge in [-0.1, -0.05) is 0 Å². The van der Waals surface area contributed by atoms with Crippen LogP contribution in [0.3, 0.4) is 0 Å². The second kappa shape index (κ2) is 20.5. The van der Waals surface area contributed by atoms with E-state index in [0.717, 1.165) is 59.6 Å². The van der Waals surface area contributed by atoms with Crippen LogP contribution in [0.1, 0.15) is 31.7 Å². The van der Waals surface area contributed by atoms with Crippen LogP contribution in [-0.4, -0.2) is 51.7 Å². The van der Waals surface area contributed by atoms with Gasteiger partial charge in [-0.2, -0.15) is 0 Å². The number of aromatic nitrogens is 2. The zero-order valence-electron chi connectivity index (χ0n) is 20.3. The third kappa shape index (κ3) is 28.6. The summed E-state index contributed by atoms with van der Waals surface area (Å²) in [6, 6.07) is 8.31. The molecule has 13 nitrogen and oxygen atoms in total. The maximum atomic E-state index is 9.44. The van der Waals surface area contributed by atoms with Gasteiger partial charge in [0.2, 0.25) is 0 Å². The van der Waals surface area contributed by atoms with Gasteiger partial charge in [-0.3, -0.25) is 19.8 Å². The third-order valence-electron chi connectivity index (χ3n) is 4.03. The molecular weight excluding hydrogens is 726 g/mol. The molecule has 38 heavy (non-hydrogen) atoms. The number of hydrogen-bond donors (Lipinski definition) is 0. The smallest absolute Gasteiger partial charge is 0.300 e. The van der Waals surface area contributed by atoms with Gasteiger partial charge in [0.15, 0.2) is 0 Å². The molecule has 1 saturated heterocycles. The Kier molecular flexibility index (Phi) is 21.5. The molecule has 1 fully saturated rings. The summed E-state index contributed by atoms with van der Waals surface area (Å²) in [6.07, 6.45) is 4.93. The Morgan fingerprint density at radius 3 is 1.26 bits per heavy atom. The van der Waals surface area contributed by atoms with Crippen molar-refractivity contribution in [2.24, 2.45) is 0 Å². The average Bonchev–Trinajstić information content (AvgIpc) is 2.94. The van der Waals surface area contributed by atoms with E-state index < -0.39 is 20.5 Å². The summed E-state index contributed by atoms with van der Waals surface area (Å²) in [5.41, 5.74) is 2.27. The molecule has 0 saturated carbocycles. The van der Waals surface area contributed by atoms with Gasteiger partial charge in [-0.15, -0.1) is 20.5 Å². The molecule has 0 amide bonds. The normalized spacial score (nSPS) is 14.2. The van der Waals surface area contributed by atoms with Crippen LogP contribution in [0.15, 0.2) is 45.6 Å². The SMILES string of the molecule is Brc1ccc(CN2CCCN(Cc3ccc(Br)cn3)CC2)nc1.CC(C)=O.[Mn+2].[O-][Cl+3]([O-])([O-])[O-].[O-][Cl+3]([O-])([O-])[O-]. The van der Waals surface area contributed by atoms with Crippen molar-refractivity contribution in [2.75, 3.05) is 26.2 Å². The van der Waals surface area contributed by atoms with Crippen LogP contribution >= 0.6 is 31.9 Å². The van der Waals surface area contributed by atoms with E-state index in [4.69, 9.17) is 37.3 Å². The van der Waals surface area contributed by atoms with Crippen molar-refractivity contribution >= 4 is 37.6 Å². The standard InChI is InChI=1S/C17H20Br2N4.C3H6O.2ClHO4.Mn/c18-14-2-4-16(20-10-14)12-22-6-1-7-23(9-8-22)13-17-5-3-15(19)11-21-17;1-3(2)4;2*2-1(3,4)5;/h2-5,10-11H,1,6-9,12-13H2;1-2H3;2*(H,2,3,4,5);/q;;;;+2/p-2. The van der Waals surface area contributed by atoms with Gasteiger partial charge < -0.3 is 4.79 Å². The van der Waals surface area contributed by atoms with E-state index in [1.165, 1.54) is 20.3 Å². The zero-order chi connectivity index (χ0) is 28.6. The zero-order valence-corrected chi connectivity index (χ0v) is 26.1. The largest absolute Gasteiger partial charge is 2.00 e. The van der Waals surface area contributed by atoms with Crippen molar-refractivity contribution in [3.63, 3.8) is 0 Å². The molecule has 3 heterocycles. The Morgan fingerprint density at radius 1 is 0.737 bits per heavy atom. The Labute approximate surface area is 252 Å². The quantitative estimate of drug-likeness (QED) is 0.266. The van der Waals surface area contributed by atoms with E-state index in [1.807, 2.05) is 12.4 Å². The second-order valence-electron chi connectivity index (χ2n) is 7.51. The number of rotatable bonds is 4. The first-order chi connectivity index (χ1) is 16.9. The summed E-state index contributed by atoms with van der Waals surface area (Å²) in [4.78, 5) is 23.4. The van der Waals surface area contributed by atoms with Gasteiger partial charge in [-0.25, -0.2) is 37.3 Å². The molecule has 0 unspecified atom stereocenters. The maximum absolute atomic E-state index is 9.44. The molecule has 1 aliphatic rings. The fraction of sp³-hybridized carbons (Fsp3) is 0.450. The molecule has 0 atom stereocenters. The monoisotopic (exact) mass is 749 g/mol. The molecular formula is C20H26Br2Cl2MnN4O9. The van der Waals surface area contributed by atoms with Gasteiger partial charge in [0.05, 0.1) is 11.4 Å². The minimum atomic E-state index is -4.94. The molecule has 2 aromatic rings. The van der Waals surface area contributed by atoms with Gasteiger partial charge in [0.1, 0.15) is 5.78 Å². The van der Waals surface area contributed by atoms with E-state index in [-0.39, 0.29) is 22.9 Å². The van der Waals surface area contributed by atoms with Crippen LogP contribution in [0, 0.1) is 20.5 Å². The summed E-state index contributed by atoms with van der Waals surface area (Å²) >= 11 is 6.87. The molecule has 0 spiro atoms. The van der Waals surface area contributed by atoms with Crippen molar-refractivity contribution in [3.8, 4) is 0 Å². The van der Waals surface area contributed by atoms with E-state index >= 15 is 0 Å². The van der Waals surface area contributed by atoms with Crippen molar-refractivity contribution in [1.29, 1.82) is 0 Å². The van der Waals surface area contributed by atoms with Gasteiger partial charge in [0.25, 0.3) is 0 Å². The Balaban J connectivity index is 0. The minimum absolute atomic E-state index is 0. The Hall–Kier alpha value is -0.371. The van der Waals surface area contributed by atoms with Crippen molar-refractivity contribution in [2.45, 2.75) is 33.4 Å². The Bertz CT molecular complexity index is 826. The summed E-state index contributed by atoms with van der Waals surface area (Å²) < 4.78 is 70.0. The van der Waals surface area contributed by atoms with Crippen LogP contribution in [-0.2, 0) is 35.0 Å². The van der Waals surface area contributed by atoms with Gasteiger partial charge in [0, 0.05) is 47.5 Å². The predicted octanol–water partition coefficient (Wildman–Crippen LogP) is -5.21. The number of nitrogens with zero attached hydrogens (tertiary/aromatic N) is 4. The van der Waals surface area contributed by atoms with Crippen molar-refractivity contribution in [3.05, 3.63) is 57.0 Å². The van der Waals surface area contributed by atoms with Crippen LogP contribution in [0.25, 0.3) is 0 Å². The molecule has 0 aromatic carbocycles. The van der Waals surface area contributed by atoms with Crippen LogP contribution in [0.2, 0.25) is 0 Å². The summed E-state index contributed by atoms with van der Waals surface area (Å²) in [6.45, 7) is 9.32. The molecule has 18 heteroatoms. The topological polar surface area (TPSA) is 234 Å². The number of halogens is 4. The Morgan fingerprint density at radius 2 is 1.03 bits per heavy atom. The predicted molar refractivity (Wildman–Crippen MR) is 115 cm³/mol. The minimum Gasteiger partial charge on any atom is -0.300 e. The number of pyridine rings is 2. The average molecular weight is 752 g/mol. The number of carbonyl (C=O) groups is 1. The number of hydrogen-bond acceptors (Lipinski definition) is 13.